The third-order valence-corrected chi connectivity index (χ3v) is 3.32. The van der Waals surface area contributed by atoms with Crippen LogP contribution >= 0.6 is 11.6 Å². The molecule has 0 saturated carbocycles. The number of ether oxygens (including phenoxy) is 1. The van der Waals surface area contributed by atoms with Gasteiger partial charge in [0.1, 0.15) is 5.82 Å². The predicted molar refractivity (Wildman–Crippen MR) is 78.6 cm³/mol. The van der Waals surface area contributed by atoms with E-state index in [2.05, 4.69) is 5.32 Å². The number of hydrogen-bond donors (Lipinski definition) is 1. The first-order chi connectivity index (χ1) is 9.45. The van der Waals surface area contributed by atoms with E-state index in [0.717, 1.165) is 13.0 Å². The number of anilines is 1. The Morgan fingerprint density at radius 1 is 1.55 bits per heavy atom. The van der Waals surface area contributed by atoms with E-state index in [0.29, 0.717) is 11.6 Å². The summed E-state index contributed by atoms with van der Waals surface area (Å²) in [5.41, 5.74) is 0.0969. The Kier molecular flexibility index (Phi) is 6.91. The average molecular weight is 303 g/mol. The van der Waals surface area contributed by atoms with Crippen LogP contribution in [0, 0.1) is 5.82 Å². The molecule has 0 aromatic heterocycles. The summed E-state index contributed by atoms with van der Waals surface area (Å²) < 4.78 is 18.5. The quantitative estimate of drug-likeness (QED) is 0.788. The van der Waals surface area contributed by atoms with Gasteiger partial charge in [-0.05, 0) is 38.6 Å². The van der Waals surface area contributed by atoms with Crippen molar-refractivity contribution in [3.63, 3.8) is 0 Å². The van der Waals surface area contributed by atoms with Crippen LogP contribution in [0.1, 0.15) is 13.3 Å². The van der Waals surface area contributed by atoms with Gasteiger partial charge in [-0.3, -0.25) is 9.69 Å². The van der Waals surface area contributed by atoms with Crippen molar-refractivity contribution >= 4 is 23.2 Å². The van der Waals surface area contributed by atoms with Gasteiger partial charge >= 0.3 is 0 Å². The second kappa shape index (κ2) is 8.19. The maximum Gasteiger partial charge on any atom is 0.241 e. The van der Waals surface area contributed by atoms with Gasteiger partial charge in [0.25, 0.3) is 0 Å². The maximum atomic E-state index is 13.5. The number of benzene rings is 1. The van der Waals surface area contributed by atoms with Crippen LogP contribution < -0.4 is 5.32 Å². The fourth-order valence-corrected chi connectivity index (χ4v) is 1.85. The highest BCUT2D eigenvalue weighted by Crippen LogP contribution is 2.19. The predicted octanol–water partition coefficient (Wildman–Crippen LogP) is 2.77. The number of nitrogens with zero attached hydrogens (tertiary/aromatic N) is 1. The van der Waals surface area contributed by atoms with Gasteiger partial charge < -0.3 is 10.1 Å². The second-order valence-electron chi connectivity index (χ2n) is 4.62. The summed E-state index contributed by atoms with van der Waals surface area (Å²) in [7, 11) is 3.48. The standard InChI is InChI=1S/C14H20ClFN2O2/c1-10(18(2)7-4-8-20-3)14(19)17-13-9-11(15)5-6-12(13)16/h5-6,9-10H,4,7-8H2,1-3H3,(H,17,19). The van der Waals surface area contributed by atoms with Gasteiger partial charge in [0.2, 0.25) is 5.91 Å². The molecule has 0 aliphatic heterocycles. The number of rotatable bonds is 7. The molecule has 0 fully saturated rings. The summed E-state index contributed by atoms with van der Waals surface area (Å²) in [4.78, 5) is 13.9. The molecule has 1 aromatic rings. The van der Waals surface area contributed by atoms with Crippen LogP contribution in [0.2, 0.25) is 5.02 Å². The first kappa shape index (κ1) is 16.9. The van der Waals surface area contributed by atoms with Gasteiger partial charge in [-0.1, -0.05) is 11.6 Å². The molecule has 1 aromatic carbocycles. The van der Waals surface area contributed by atoms with E-state index in [1.54, 1.807) is 14.0 Å². The van der Waals surface area contributed by atoms with Gasteiger partial charge in [-0.25, -0.2) is 4.39 Å². The Hall–Kier alpha value is -1.17. The largest absolute Gasteiger partial charge is 0.385 e. The lowest BCUT2D eigenvalue weighted by Crippen LogP contribution is -2.40. The van der Waals surface area contributed by atoms with Crippen molar-refractivity contribution in [1.29, 1.82) is 0 Å². The molecular formula is C14H20ClFN2O2. The van der Waals surface area contributed by atoms with E-state index in [1.807, 2.05) is 11.9 Å². The van der Waals surface area contributed by atoms with Crippen molar-refractivity contribution < 1.29 is 13.9 Å². The number of likely N-dealkylation sites (N-methyl/N-ethyl adjacent to an activating group) is 1. The number of hydrogen-bond acceptors (Lipinski definition) is 3. The molecule has 0 saturated heterocycles. The maximum absolute atomic E-state index is 13.5. The van der Waals surface area contributed by atoms with Crippen molar-refractivity contribution in [3.05, 3.63) is 29.0 Å². The molecule has 0 radical (unpaired) electrons. The second-order valence-corrected chi connectivity index (χ2v) is 5.05. The molecule has 6 heteroatoms. The average Bonchev–Trinajstić information content (AvgIpc) is 2.42. The summed E-state index contributed by atoms with van der Waals surface area (Å²) in [5.74, 6) is -0.775. The third-order valence-electron chi connectivity index (χ3n) is 3.09. The zero-order chi connectivity index (χ0) is 15.1. The van der Waals surface area contributed by atoms with E-state index in [4.69, 9.17) is 16.3 Å². The number of carbonyl (C=O) groups excluding carboxylic acids is 1. The van der Waals surface area contributed by atoms with Gasteiger partial charge in [-0.2, -0.15) is 0 Å². The van der Waals surface area contributed by atoms with Crippen LogP contribution in [0.25, 0.3) is 0 Å². The molecule has 1 N–H and O–H groups in total. The molecule has 0 aliphatic rings. The van der Waals surface area contributed by atoms with Gasteiger partial charge in [0.05, 0.1) is 11.7 Å². The van der Waals surface area contributed by atoms with Crippen LogP contribution in [0.15, 0.2) is 18.2 Å². The van der Waals surface area contributed by atoms with Crippen LogP contribution in [0.3, 0.4) is 0 Å². The van der Waals surface area contributed by atoms with Crippen LogP contribution in [-0.4, -0.2) is 44.2 Å². The van der Waals surface area contributed by atoms with Crippen molar-refractivity contribution in [2.75, 3.05) is 32.6 Å². The lowest BCUT2D eigenvalue weighted by atomic mass is 10.2. The van der Waals surface area contributed by atoms with Gasteiger partial charge in [0.15, 0.2) is 0 Å². The number of carbonyl (C=O) groups is 1. The number of amides is 1. The fourth-order valence-electron chi connectivity index (χ4n) is 1.68. The summed E-state index contributed by atoms with van der Waals surface area (Å²) >= 11 is 5.78. The topological polar surface area (TPSA) is 41.6 Å². The highest BCUT2D eigenvalue weighted by atomic mass is 35.5. The van der Waals surface area contributed by atoms with E-state index < -0.39 is 5.82 Å². The van der Waals surface area contributed by atoms with E-state index in [-0.39, 0.29) is 17.6 Å². The first-order valence-electron chi connectivity index (χ1n) is 6.40. The molecule has 20 heavy (non-hydrogen) atoms. The van der Waals surface area contributed by atoms with Crippen LogP contribution in [-0.2, 0) is 9.53 Å². The highest BCUT2D eigenvalue weighted by molar-refractivity contribution is 6.30. The summed E-state index contributed by atoms with van der Waals surface area (Å²) in [6.07, 6.45) is 0.830. The SMILES string of the molecule is COCCCN(C)C(C)C(=O)Nc1cc(Cl)ccc1F. The molecule has 1 amide bonds. The lowest BCUT2D eigenvalue weighted by Gasteiger charge is -2.23. The third kappa shape index (κ3) is 5.07. The molecule has 4 nitrogen and oxygen atoms in total. The van der Waals surface area contributed by atoms with Crippen molar-refractivity contribution in [2.24, 2.45) is 0 Å². The van der Waals surface area contributed by atoms with Crippen molar-refractivity contribution in [3.8, 4) is 0 Å². The minimum Gasteiger partial charge on any atom is -0.385 e. The highest BCUT2D eigenvalue weighted by Gasteiger charge is 2.19. The number of nitrogens with one attached hydrogen (secondary N) is 1. The first-order valence-corrected chi connectivity index (χ1v) is 6.78. The molecule has 112 valence electrons. The van der Waals surface area contributed by atoms with E-state index in [9.17, 15) is 9.18 Å². The Labute approximate surface area is 123 Å². The summed E-state index contributed by atoms with van der Waals surface area (Å²) in [6.45, 7) is 3.13. The molecule has 1 unspecified atom stereocenters. The Bertz CT molecular complexity index is 457. The minimum atomic E-state index is -0.503. The number of halogens is 2. The molecule has 1 rings (SSSR count). The summed E-state index contributed by atoms with van der Waals surface area (Å²) in [5, 5.41) is 2.93. The Morgan fingerprint density at radius 2 is 2.25 bits per heavy atom. The van der Waals surface area contributed by atoms with E-state index >= 15 is 0 Å². The van der Waals surface area contributed by atoms with Gasteiger partial charge in [-0.15, -0.1) is 0 Å². The zero-order valence-corrected chi connectivity index (χ0v) is 12.7. The molecular weight excluding hydrogens is 283 g/mol. The smallest absolute Gasteiger partial charge is 0.241 e. The summed E-state index contributed by atoms with van der Waals surface area (Å²) in [6, 6.07) is 3.69. The van der Waals surface area contributed by atoms with Gasteiger partial charge in [0, 0.05) is 25.3 Å². The molecule has 0 aliphatic carbocycles. The number of methoxy groups -OCH3 is 1. The Morgan fingerprint density at radius 3 is 2.90 bits per heavy atom. The Balaban J connectivity index is 2.58. The van der Waals surface area contributed by atoms with E-state index in [1.165, 1.54) is 18.2 Å². The monoisotopic (exact) mass is 302 g/mol. The minimum absolute atomic E-state index is 0.0969. The van der Waals surface area contributed by atoms with Crippen LogP contribution in [0.5, 0.6) is 0 Å². The molecule has 0 bridgehead atoms. The molecule has 0 heterocycles. The van der Waals surface area contributed by atoms with Crippen molar-refractivity contribution in [2.45, 2.75) is 19.4 Å². The van der Waals surface area contributed by atoms with Crippen molar-refractivity contribution in [1.82, 2.24) is 4.90 Å². The normalized spacial score (nSPS) is 12.5. The zero-order valence-electron chi connectivity index (χ0n) is 12.0. The molecule has 0 spiro atoms. The van der Waals surface area contributed by atoms with Crippen LogP contribution in [0.4, 0.5) is 10.1 Å². The lowest BCUT2D eigenvalue weighted by molar-refractivity contribution is -0.120. The fraction of sp³-hybridized carbons (Fsp3) is 0.500. The molecule has 1 atom stereocenters.